The van der Waals surface area contributed by atoms with Crippen LogP contribution in [0.25, 0.3) is 0 Å². The number of ketones is 1. The molecular formula is C9H11ClO2S2. The Labute approximate surface area is 96.3 Å². The predicted molar refractivity (Wildman–Crippen MR) is 62.7 cm³/mol. The number of carbonyl (C=O) groups is 1. The zero-order chi connectivity index (χ0) is 10.6. The van der Waals surface area contributed by atoms with Crippen LogP contribution >= 0.6 is 34.7 Å². The summed E-state index contributed by atoms with van der Waals surface area (Å²) in [5.74, 6) is 0.673. The van der Waals surface area contributed by atoms with Crippen LogP contribution in [0.15, 0.2) is 12.1 Å². The molecule has 1 aromatic heterocycles. The van der Waals surface area contributed by atoms with Crippen LogP contribution in [0.2, 0.25) is 4.34 Å². The van der Waals surface area contributed by atoms with E-state index < -0.39 is 0 Å². The molecule has 1 rings (SSSR count). The molecule has 0 fully saturated rings. The maximum absolute atomic E-state index is 11.7. The molecule has 0 radical (unpaired) electrons. The molecule has 0 aromatic carbocycles. The van der Waals surface area contributed by atoms with Crippen LogP contribution in [0.1, 0.15) is 16.6 Å². The summed E-state index contributed by atoms with van der Waals surface area (Å²) in [7, 11) is 0. The summed E-state index contributed by atoms with van der Waals surface area (Å²) in [5.41, 5.74) is 0. The van der Waals surface area contributed by atoms with Gasteiger partial charge in [0, 0.05) is 5.75 Å². The van der Waals surface area contributed by atoms with E-state index in [9.17, 15) is 4.79 Å². The molecule has 0 bridgehead atoms. The zero-order valence-corrected chi connectivity index (χ0v) is 10.1. The third kappa shape index (κ3) is 3.28. The van der Waals surface area contributed by atoms with Gasteiger partial charge in [-0.15, -0.1) is 23.1 Å². The molecule has 0 amide bonds. The largest absolute Gasteiger partial charge is 0.396 e. The third-order valence-corrected chi connectivity index (χ3v) is 4.02. The molecule has 1 N–H and O–H groups in total. The standard InChI is InChI=1S/C9H11ClO2S2/c1-6(13-5-4-11)9(12)7-2-3-8(10)14-7/h2-3,6,11H,4-5H2,1H3. The quantitative estimate of drug-likeness (QED) is 0.817. The van der Waals surface area contributed by atoms with E-state index in [1.54, 1.807) is 12.1 Å². The van der Waals surface area contributed by atoms with Gasteiger partial charge < -0.3 is 5.11 Å². The fraction of sp³-hybridized carbons (Fsp3) is 0.444. The lowest BCUT2D eigenvalue weighted by Crippen LogP contribution is -2.13. The van der Waals surface area contributed by atoms with Gasteiger partial charge in [0.25, 0.3) is 0 Å². The van der Waals surface area contributed by atoms with Gasteiger partial charge in [-0.3, -0.25) is 4.79 Å². The Balaban J connectivity index is 2.56. The van der Waals surface area contributed by atoms with Crippen LogP contribution in [-0.4, -0.2) is 28.5 Å². The molecule has 0 aliphatic heterocycles. The number of Topliss-reactive ketones (excluding diaryl/α,β-unsaturated/α-hetero) is 1. The van der Waals surface area contributed by atoms with Gasteiger partial charge in [-0.25, -0.2) is 0 Å². The van der Waals surface area contributed by atoms with Crippen LogP contribution < -0.4 is 0 Å². The summed E-state index contributed by atoms with van der Waals surface area (Å²) >= 11 is 8.48. The van der Waals surface area contributed by atoms with Gasteiger partial charge in [0.2, 0.25) is 0 Å². The monoisotopic (exact) mass is 250 g/mol. The summed E-state index contributed by atoms with van der Waals surface area (Å²) in [6.07, 6.45) is 0. The van der Waals surface area contributed by atoms with Crippen molar-refractivity contribution in [1.82, 2.24) is 0 Å². The molecule has 1 unspecified atom stereocenters. The molecule has 78 valence electrons. The maximum Gasteiger partial charge on any atom is 0.185 e. The molecule has 1 heterocycles. The van der Waals surface area contributed by atoms with Crippen molar-refractivity contribution in [2.75, 3.05) is 12.4 Å². The molecule has 0 aliphatic rings. The number of halogens is 1. The molecule has 0 spiro atoms. The van der Waals surface area contributed by atoms with Gasteiger partial charge in [-0.2, -0.15) is 0 Å². The van der Waals surface area contributed by atoms with Crippen molar-refractivity contribution in [2.45, 2.75) is 12.2 Å². The average Bonchev–Trinajstić information content (AvgIpc) is 2.60. The van der Waals surface area contributed by atoms with E-state index in [4.69, 9.17) is 16.7 Å². The third-order valence-electron chi connectivity index (χ3n) is 1.64. The van der Waals surface area contributed by atoms with E-state index in [2.05, 4.69) is 0 Å². The molecule has 1 aromatic rings. The Morgan fingerprint density at radius 1 is 1.71 bits per heavy atom. The van der Waals surface area contributed by atoms with Crippen LogP contribution in [0, 0.1) is 0 Å². The van der Waals surface area contributed by atoms with Crippen molar-refractivity contribution >= 4 is 40.5 Å². The van der Waals surface area contributed by atoms with Crippen molar-refractivity contribution < 1.29 is 9.90 Å². The van der Waals surface area contributed by atoms with Crippen molar-refractivity contribution in [1.29, 1.82) is 0 Å². The Morgan fingerprint density at radius 2 is 2.43 bits per heavy atom. The van der Waals surface area contributed by atoms with Crippen molar-refractivity contribution in [3.63, 3.8) is 0 Å². The first-order chi connectivity index (χ1) is 6.65. The van der Waals surface area contributed by atoms with Gasteiger partial charge in [0.05, 0.1) is 21.1 Å². The van der Waals surface area contributed by atoms with E-state index in [0.29, 0.717) is 15.0 Å². The highest BCUT2D eigenvalue weighted by molar-refractivity contribution is 8.00. The van der Waals surface area contributed by atoms with Gasteiger partial charge in [0.1, 0.15) is 0 Å². The highest BCUT2D eigenvalue weighted by Gasteiger charge is 2.16. The number of rotatable bonds is 5. The molecule has 2 nitrogen and oxygen atoms in total. The molecule has 5 heteroatoms. The lowest BCUT2D eigenvalue weighted by atomic mass is 10.2. The van der Waals surface area contributed by atoms with E-state index >= 15 is 0 Å². The number of aliphatic hydroxyl groups excluding tert-OH is 1. The number of hydrogen-bond donors (Lipinski definition) is 1. The minimum absolute atomic E-state index is 0.0837. The first-order valence-corrected chi connectivity index (χ1v) is 6.41. The number of thioether (sulfide) groups is 1. The summed E-state index contributed by atoms with van der Waals surface area (Å²) in [6.45, 7) is 1.95. The number of carbonyl (C=O) groups excluding carboxylic acids is 1. The van der Waals surface area contributed by atoms with E-state index in [-0.39, 0.29) is 17.6 Å². The molecule has 0 saturated carbocycles. The maximum atomic E-state index is 11.7. The van der Waals surface area contributed by atoms with Crippen LogP contribution in [-0.2, 0) is 0 Å². The highest BCUT2D eigenvalue weighted by atomic mass is 35.5. The fourth-order valence-electron chi connectivity index (χ4n) is 0.952. The van der Waals surface area contributed by atoms with E-state index in [0.717, 1.165) is 0 Å². The van der Waals surface area contributed by atoms with Crippen molar-refractivity contribution in [3.05, 3.63) is 21.3 Å². The van der Waals surface area contributed by atoms with Crippen molar-refractivity contribution in [3.8, 4) is 0 Å². The highest BCUT2D eigenvalue weighted by Crippen LogP contribution is 2.25. The molecule has 0 aliphatic carbocycles. The summed E-state index contributed by atoms with van der Waals surface area (Å²) < 4.78 is 0.632. The van der Waals surface area contributed by atoms with Crippen LogP contribution in [0.5, 0.6) is 0 Å². The summed E-state index contributed by atoms with van der Waals surface area (Å²) in [5, 5.41) is 8.51. The molecule has 14 heavy (non-hydrogen) atoms. The first-order valence-electron chi connectivity index (χ1n) is 4.17. The van der Waals surface area contributed by atoms with Gasteiger partial charge in [0.15, 0.2) is 5.78 Å². The first kappa shape index (κ1) is 12.0. The van der Waals surface area contributed by atoms with Gasteiger partial charge >= 0.3 is 0 Å². The minimum atomic E-state index is -0.114. The Morgan fingerprint density at radius 3 is 2.93 bits per heavy atom. The Bertz CT molecular complexity index is 312. The average molecular weight is 251 g/mol. The number of hydrogen-bond acceptors (Lipinski definition) is 4. The lowest BCUT2D eigenvalue weighted by molar-refractivity contribution is 0.0998. The fourth-order valence-corrected chi connectivity index (χ4v) is 2.84. The number of aliphatic hydroxyl groups is 1. The van der Waals surface area contributed by atoms with Gasteiger partial charge in [-0.05, 0) is 19.1 Å². The second-order valence-electron chi connectivity index (χ2n) is 2.70. The Kier molecular flexibility index (Phi) is 4.95. The topological polar surface area (TPSA) is 37.3 Å². The Hall–Kier alpha value is -0.0300. The van der Waals surface area contributed by atoms with E-state index in [1.807, 2.05) is 6.92 Å². The smallest absolute Gasteiger partial charge is 0.185 e. The SMILES string of the molecule is CC(SCCO)C(=O)c1ccc(Cl)s1. The molecule has 0 saturated heterocycles. The summed E-state index contributed by atoms with van der Waals surface area (Å²) in [4.78, 5) is 12.4. The summed E-state index contributed by atoms with van der Waals surface area (Å²) in [6, 6.07) is 3.47. The van der Waals surface area contributed by atoms with E-state index in [1.165, 1.54) is 23.1 Å². The predicted octanol–water partition coefficient (Wildman–Crippen LogP) is 2.70. The molecule has 1 atom stereocenters. The minimum Gasteiger partial charge on any atom is -0.396 e. The second kappa shape index (κ2) is 5.75. The normalized spacial score (nSPS) is 12.8. The molecular weight excluding hydrogens is 240 g/mol. The second-order valence-corrected chi connectivity index (χ2v) is 5.87. The van der Waals surface area contributed by atoms with Gasteiger partial charge in [-0.1, -0.05) is 11.6 Å². The van der Waals surface area contributed by atoms with Crippen molar-refractivity contribution in [2.24, 2.45) is 0 Å². The van der Waals surface area contributed by atoms with Crippen LogP contribution in [0.3, 0.4) is 0 Å². The lowest BCUT2D eigenvalue weighted by Gasteiger charge is -2.06. The zero-order valence-electron chi connectivity index (χ0n) is 7.70. The van der Waals surface area contributed by atoms with Crippen LogP contribution in [0.4, 0.5) is 0 Å². The number of thiophene rings is 1.